The lowest BCUT2D eigenvalue weighted by molar-refractivity contribution is 0.0500. The van der Waals surface area contributed by atoms with Crippen LogP contribution in [-0.2, 0) is 4.74 Å². The van der Waals surface area contributed by atoms with Crippen LogP contribution < -0.4 is 9.80 Å². The van der Waals surface area contributed by atoms with Gasteiger partial charge in [-0.25, -0.2) is 0 Å². The topological polar surface area (TPSA) is 54.4 Å². The van der Waals surface area contributed by atoms with Crippen molar-refractivity contribution < 1.29 is 4.74 Å². The molecule has 1 aromatic rings. The molecule has 3 rings (SSSR count). The highest BCUT2D eigenvalue weighted by molar-refractivity contribution is 5.39. The number of aryl methyl sites for hydroxylation is 1. The number of hydrogen-bond donors (Lipinski definition) is 0. The molecule has 2 saturated heterocycles. The molecule has 0 amide bonds. The summed E-state index contributed by atoms with van der Waals surface area (Å²) in [5, 5.41) is 0. The van der Waals surface area contributed by atoms with E-state index in [9.17, 15) is 0 Å². The van der Waals surface area contributed by atoms with Crippen molar-refractivity contribution in [2.24, 2.45) is 11.8 Å². The van der Waals surface area contributed by atoms with Gasteiger partial charge >= 0.3 is 0 Å². The van der Waals surface area contributed by atoms with Crippen molar-refractivity contribution in [1.29, 1.82) is 0 Å². The minimum absolute atomic E-state index is 0.743. The Bertz CT molecular complexity index is 487. The van der Waals surface area contributed by atoms with E-state index in [4.69, 9.17) is 4.74 Å². The van der Waals surface area contributed by atoms with E-state index in [1.54, 1.807) is 0 Å². The third-order valence-corrected chi connectivity index (χ3v) is 4.56. The highest BCUT2D eigenvalue weighted by Crippen LogP contribution is 2.32. The van der Waals surface area contributed by atoms with Gasteiger partial charge in [0.2, 0.25) is 11.9 Å². The Morgan fingerprint density at radius 2 is 1.81 bits per heavy atom. The van der Waals surface area contributed by atoms with Crippen LogP contribution in [0.3, 0.4) is 0 Å². The molecule has 0 bridgehead atoms. The van der Waals surface area contributed by atoms with E-state index in [1.165, 1.54) is 19.3 Å². The van der Waals surface area contributed by atoms with E-state index in [2.05, 4.69) is 19.9 Å². The first-order valence-corrected chi connectivity index (χ1v) is 7.86. The Morgan fingerprint density at radius 1 is 1.05 bits per heavy atom. The second-order valence-electron chi connectivity index (χ2n) is 6.32. The van der Waals surface area contributed by atoms with Gasteiger partial charge in [0.15, 0.2) is 0 Å². The van der Waals surface area contributed by atoms with Gasteiger partial charge in [-0.2, -0.15) is 15.0 Å². The molecule has 0 aliphatic carbocycles. The molecule has 116 valence electrons. The van der Waals surface area contributed by atoms with Crippen molar-refractivity contribution in [3.8, 4) is 0 Å². The van der Waals surface area contributed by atoms with E-state index >= 15 is 0 Å². The lowest BCUT2D eigenvalue weighted by Gasteiger charge is -2.27. The summed E-state index contributed by atoms with van der Waals surface area (Å²) in [6, 6.07) is 0. The Labute approximate surface area is 126 Å². The van der Waals surface area contributed by atoms with Crippen molar-refractivity contribution in [3.63, 3.8) is 0 Å². The fraction of sp³-hybridized carbons (Fsp3) is 0.800. The predicted octanol–water partition coefficient (Wildman–Crippen LogP) is 1.50. The maximum Gasteiger partial charge on any atom is 0.230 e. The minimum atomic E-state index is 0.743. The lowest BCUT2D eigenvalue weighted by atomic mass is 9.85. The molecule has 1 aromatic heterocycles. The number of hydrogen-bond acceptors (Lipinski definition) is 6. The molecule has 0 radical (unpaired) electrons. The van der Waals surface area contributed by atoms with Crippen LogP contribution in [0.2, 0.25) is 0 Å². The Kier molecular flexibility index (Phi) is 4.24. The van der Waals surface area contributed by atoms with Crippen LogP contribution in [0.1, 0.15) is 25.1 Å². The second kappa shape index (κ2) is 6.13. The van der Waals surface area contributed by atoms with Gasteiger partial charge in [-0.05, 0) is 38.0 Å². The monoisotopic (exact) mass is 291 g/mol. The van der Waals surface area contributed by atoms with Gasteiger partial charge in [0, 0.05) is 40.4 Å². The number of rotatable bonds is 3. The molecule has 0 spiro atoms. The molecular formula is C15H25N5O. The summed E-state index contributed by atoms with van der Waals surface area (Å²) >= 11 is 0. The summed E-state index contributed by atoms with van der Waals surface area (Å²) < 4.78 is 5.48. The maximum atomic E-state index is 5.48. The first-order chi connectivity index (χ1) is 10.1. The maximum absolute atomic E-state index is 5.48. The summed E-state index contributed by atoms with van der Waals surface area (Å²) in [4.78, 5) is 17.8. The van der Waals surface area contributed by atoms with Crippen LogP contribution >= 0.6 is 0 Å². The van der Waals surface area contributed by atoms with Crippen LogP contribution in [0.4, 0.5) is 11.9 Å². The number of aromatic nitrogens is 3. The predicted molar refractivity (Wildman–Crippen MR) is 82.8 cm³/mol. The molecule has 2 aliphatic rings. The molecule has 0 N–H and O–H groups in total. The molecule has 2 fully saturated rings. The van der Waals surface area contributed by atoms with Gasteiger partial charge in [-0.1, -0.05) is 0 Å². The second-order valence-corrected chi connectivity index (χ2v) is 6.32. The van der Waals surface area contributed by atoms with Gasteiger partial charge in [0.05, 0.1) is 0 Å². The van der Waals surface area contributed by atoms with Crippen LogP contribution in [0, 0.1) is 18.8 Å². The van der Waals surface area contributed by atoms with Crippen molar-refractivity contribution in [2.45, 2.75) is 26.2 Å². The summed E-state index contributed by atoms with van der Waals surface area (Å²) in [6.45, 7) is 5.91. The highest BCUT2D eigenvalue weighted by atomic mass is 16.5. The minimum Gasteiger partial charge on any atom is -0.381 e. The fourth-order valence-electron chi connectivity index (χ4n) is 3.34. The largest absolute Gasteiger partial charge is 0.381 e. The normalized spacial score (nSPS) is 23.6. The molecule has 0 aromatic carbocycles. The van der Waals surface area contributed by atoms with E-state index in [0.717, 1.165) is 55.9 Å². The Balaban J connectivity index is 1.70. The van der Waals surface area contributed by atoms with Gasteiger partial charge in [0.1, 0.15) is 5.82 Å². The fourth-order valence-corrected chi connectivity index (χ4v) is 3.34. The highest BCUT2D eigenvalue weighted by Gasteiger charge is 2.32. The zero-order valence-electron chi connectivity index (χ0n) is 13.2. The Morgan fingerprint density at radius 3 is 2.52 bits per heavy atom. The molecule has 6 heteroatoms. The first kappa shape index (κ1) is 14.5. The van der Waals surface area contributed by atoms with Gasteiger partial charge in [-0.15, -0.1) is 0 Å². The third kappa shape index (κ3) is 3.26. The first-order valence-electron chi connectivity index (χ1n) is 7.86. The molecule has 2 aliphatic heterocycles. The standard InChI is InChI=1S/C15H25N5O/c1-11-16-14(19(2)3)18-15(17-11)20-7-4-13(10-20)12-5-8-21-9-6-12/h12-13H,4-10H2,1-3H3. The quantitative estimate of drug-likeness (QED) is 0.841. The number of nitrogens with zero attached hydrogens (tertiary/aromatic N) is 5. The molecule has 6 nitrogen and oxygen atoms in total. The zero-order chi connectivity index (χ0) is 14.8. The molecule has 0 saturated carbocycles. The van der Waals surface area contributed by atoms with E-state index in [-0.39, 0.29) is 0 Å². The van der Waals surface area contributed by atoms with Gasteiger partial charge in [0.25, 0.3) is 0 Å². The third-order valence-electron chi connectivity index (χ3n) is 4.56. The molecule has 1 unspecified atom stereocenters. The van der Waals surface area contributed by atoms with Crippen molar-refractivity contribution in [2.75, 3.05) is 50.2 Å². The van der Waals surface area contributed by atoms with Crippen molar-refractivity contribution in [3.05, 3.63) is 5.82 Å². The molecular weight excluding hydrogens is 266 g/mol. The summed E-state index contributed by atoms with van der Waals surface area (Å²) in [6.07, 6.45) is 3.65. The molecule has 21 heavy (non-hydrogen) atoms. The summed E-state index contributed by atoms with van der Waals surface area (Å²) in [7, 11) is 3.93. The van der Waals surface area contributed by atoms with Crippen LogP contribution in [0.5, 0.6) is 0 Å². The smallest absolute Gasteiger partial charge is 0.230 e. The van der Waals surface area contributed by atoms with E-state index in [1.807, 2.05) is 25.9 Å². The van der Waals surface area contributed by atoms with E-state index in [0.29, 0.717) is 0 Å². The SMILES string of the molecule is Cc1nc(N(C)C)nc(N2CCC(C3CCOCC3)C2)n1. The van der Waals surface area contributed by atoms with Gasteiger partial charge in [-0.3, -0.25) is 0 Å². The van der Waals surface area contributed by atoms with Crippen LogP contribution in [0.25, 0.3) is 0 Å². The summed E-state index contributed by atoms with van der Waals surface area (Å²) in [5.41, 5.74) is 0. The summed E-state index contributed by atoms with van der Waals surface area (Å²) in [5.74, 6) is 3.93. The average Bonchev–Trinajstić information content (AvgIpc) is 2.97. The van der Waals surface area contributed by atoms with Crippen LogP contribution in [-0.4, -0.2) is 55.4 Å². The van der Waals surface area contributed by atoms with Crippen molar-refractivity contribution in [1.82, 2.24) is 15.0 Å². The van der Waals surface area contributed by atoms with Crippen LogP contribution in [0.15, 0.2) is 0 Å². The number of anilines is 2. The van der Waals surface area contributed by atoms with Crippen molar-refractivity contribution >= 4 is 11.9 Å². The van der Waals surface area contributed by atoms with Gasteiger partial charge < -0.3 is 14.5 Å². The average molecular weight is 291 g/mol. The number of ether oxygens (including phenoxy) is 1. The molecule has 1 atom stereocenters. The Hall–Kier alpha value is -1.43. The van der Waals surface area contributed by atoms with E-state index < -0.39 is 0 Å². The zero-order valence-corrected chi connectivity index (χ0v) is 13.2. The molecule has 3 heterocycles. The lowest BCUT2D eigenvalue weighted by Crippen LogP contribution is -2.28.